The van der Waals surface area contributed by atoms with Crippen LogP contribution in [0.25, 0.3) is 0 Å². The maximum absolute atomic E-state index is 11.8. The molecular formula is C9H8ClN3O2S. The van der Waals surface area contributed by atoms with Gasteiger partial charge in [-0.3, -0.25) is 4.72 Å². The Balaban J connectivity index is 2.29. The van der Waals surface area contributed by atoms with Gasteiger partial charge in [-0.05, 0) is 18.2 Å². The van der Waals surface area contributed by atoms with Crippen molar-refractivity contribution in [2.24, 2.45) is 0 Å². The molecule has 16 heavy (non-hydrogen) atoms. The van der Waals surface area contributed by atoms with Crippen LogP contribution >= 0.6 is 11.6 Å². The molecule has 0 unspecified atom stereocenters. The summed E-state index contributed by atoms with van der Waals surface area (Å²) in [6.07, 6.45) is 4.36. The minimum atomic E-state index is -3.55. The van der Waals surface area contributed by atoms with E-state index < -0.39 is 10.0 Å². The summed E-state index contributed by atoms with van der Waals surface area (Å²) in [5.74, 6) is 0. The van der Waals surface area contributed by atoms with Crippen molar-refractivity contribution >= 4 is 27.3 Å². The Kier molecular flexibility index (Phi) is 2.84. The summed E-state index contributed by atoms with van der Waals surface area (Å²) >= 11 is 5.65. The van der Waals surface area contributed by atoms with Crippen LogP contribution in [0.5, 0.6) is 0 Å². The first kappa shape index (κ1) is 11.0. The second kappa shape index (κ2) is 4.15. The predicted molar refractivity (Wildman–Crippen MR) is 60.8 cm³/mol. The minimum absolute atomic E-state index is 0.167. The Morgan fingerprint density at radius 3 is 2.81 bits per heavy atom. The Labute approximate surface area is 97.5 Å². The van der Waals surface area contributed by atoms with Gasteiger partial charge in [0.2, 0.25) is 0 Å². The van der Waals surface area contributed by atoms with Crippen LogP contribution in [0.15, 0.2) is 41.7 Å². The first-order chi connectivity index (χ1) is 7.58. The predicted octanol–water partition coefficient (Wildman–Crippen LogP) is 1.86. The van der Waals surface area contributed by atoms with E-state index in [4.69, 9.17) is 11.6 Å². The van der Waals surface area contributed by atoms with Crippen LogP contribution in [0.1, 0.15) is 0 Å². The van der Waals surface area contributed by atoms with E-state index in [0.717, 1.165) is 0 Å². The summed E-state index contributed by atoms with van der Waals surface area (Å²) in [5.41, 5.74) is 0.376. The number of nitrogens with zero attached hydrogens (tertiary/aromatic N) is 1. The number of anilines is 1. The normalized spacial score (nSPS) is 11.3. The van der Waals surface area contributed by atoms with Gasteiger partial charge < -0.3 is 4.98 Å². The van der Waals surface area contributed by atoms with Crippen LogP contribution in [0, 0.1) is 0 Å². The van der Waals surface area contributed by atoms with E-state index in [9.17, 15) is 8.42 Å². The molecule has 0 aliphatic carbocycles. The summed E-state index contributed by atoms with van der Waals surface area (Å²) in [6.45, 7) is 0. The van der Waals surface area contributed by atoms with Crippen LogP contribution in [0.2, 0.25) is 5.15 Å². The quantitative estimate of drug-likeness (QED) is 0.824. The lowest BCUT2D eigenvalue weighted by Crippen LogP contribution is -2.12. The smallest absolute Gasteiger partial charge is 0.263 e. The Morgan fingerprint density at radius 2 is 2.19 bits per heavy atom. The lowest BCUT2D eigenvalue weighted by molar-refractivity contribution is 0.601. The molecule has 0 aliphatic heterocycles. The Hall–Kier alpha value is -1.53. The van der Waals surface area contributed by atoms with Crippen LogP contribution < -0.4 is 4.72 Å². The third kappa shape index (κ3) is 2.34. The van der Waals surface area contributed by atoms with E-state index in [2.05, 4.69) is 14.7 Å². The van der Waals surface area contributed by atoms with Gasteiger partial charge in [0.05, 0.1) is 5.69 Å². The van der Waals surface area contributed by atoms with Crippen molar-refractivity contribution in [3.8, 4) is 0 Å². The monoisotopic (exact) mass is 257 g/mol. The molecular weight excluding hydrogens is 250 g/mol. The summed E-state index contributed by atoms with van der Waals surface area (Å²) in [7, 11) is -3.55. The number of pyridine rings is 1. The fraction of sp³-hybridized carbons (Fsp3) is 0. The highest BCUT2D eigenvalue weighted by atomic mass is 35.5. The van der Waals surface area contributed by atoms with Crippen molar-refractivity contribution < 1.29 is 8.42 Å². The van der Waals surface area contributed by atoms with Crippen molar-refractivity contribution in [2.75, 3.05) is 4.72 Å². The van der Waals surface area contributed by atoms with Gasteiger partial charge in [0, 0.05) is 18.6 Å². The molecule has 84 valence electrons. The average molecular weight is 258 g/mol. The van der Waals surface area contributed by atoms with E-state index in [-0.39, 0.29) is 10.0 Å². The average Bonchev–Trinajstić information content (AvgIpc) is 2.69. The fourth-order valence-corrected chi connectivity index (χ4v) is 2.36. The molecule has 5 nitrogen and oxygen atoms in total. The van der Waals surface area contributed by atoms with Gasteiger partial charge in [-0.15, -0.1) is 0 Å². The molecule has 0 fully saturated rings. The number of aromatic amines is 1. The first-order valence-corrected chi connectivity index (χ1v) is 6.21. The summed E-state index contributed by atoms with van der Waals surface area (Å²) in [6, 6.07) is 4.42. The van der Waals surface area contributed by atoms with Crippen molar-refractivity contribution in [1.29, 1.82) is 0 Å². The highest BCUT2D eigenvalue weighted by Gasteiger charge is 2.14. The van der Waals surface area contributed by atoms with Gasteiger partial charge in [0.1, 0.15) is 10.0 Å². The zero-order chi connectivity index (χ0) is 11.6. The van der Waals surface area contributed by atoms with Crippen LogP contribution in [0.3, 0.4) is 0 Å². The second-order valence-electron chi connectivity index (χ2n) is 3.02. The summed E-state index contributed by atoms with van der Waals surface area (Å²) in [4.78, 5) is 6.60. The van der Waals surface area contributed by atoms with Gasteiger partial charge in [0.25, 0.3) is 10.0 Å². The van der Waals surface area contributed by atoms with E-state index in [0.29, 0.717) is 5.69 Å². The maximum atomic E-state index is 11.8. The molecule has 0 saturated heterocycles. The molecule has 0 radical (unpaired) electrons. The first-order valence-electron chi connectivity index (χ1n) is 4.35. The zero-order valence-corrected chi connectivity index (χ0v) is 9.59. The molecule has 0 saturated carbocycles. The SMILES string of the molecule is O=S(=O)(Nc1ccnc(Cl)c1)c1cc[nH]c1. The number of hydrogen-bond acceptors (Lipinski definition) is 3. The highest BCUT2D eigenvalue weighted by Crippen LogP contribution is 2.17. The van der Waals surface area contributed by atoms with Crippen LogP contribution in [-0.4, -0.2) is 18.4 Å². The number of sulfonamides is 1. The highest BCUT2D eigenvalue weighted by molar-refractivity contribution is 7.92. The Morgan fingerprint density at radius 1 is 1.38 bits per heavy atom. The molecule has 0 aromatic carbocycles. The maximum Gasteiger partial charge on any atom is 0.263 e. The number of halogens is 1. The van der Waals surface area contributed by atoms with Gasteiger partial charge >= 0.3 is 0 Å². The van der Waals surface area contributed by atoms with E-state index >= 15 is 0 Å². The van der Waals surface area contributed by atoms with Crippen molar-refractivity contribution in [1.82, 2.24) is 9.97 Å². The van der Waals surface area contributed by atoms with E-state index in [1.54, 1.807) is 0 Å². The molecule has 0 aliphatic rings. The number of rotatable bonds is 3. The van der Waals surface area contributed by atoms with Gasteiger partial charge in [-0.1, -0.05) is 11.6 Å². The molecule has 0 spiro atoms. The van der Waals surface area contributed by atoms with E-state index in [1.165, 1.54) is 36.8 Å². The van der Waals surface area contributed by atoms with Crippen molar-refractivity contribution in [3.63, 3.8) is 0 Å². The van der Waals surface area contributed by atoms with Gasteiger partial charge in [-0.25, -0.2) is 13.4 Å². The molecule has 7 heteroatoms. The van der Waals surface area contributed by atoms with Crippen molar-refractivity contribution in [2.45, 2.75) is 4.90 Å². The number of H-pyrrole nitrogens is 1. The second-order valence-corrected chi connectivity index (χ2v) is 5.09. The molecule has 0 atom stereocenters. The molecule has 2 aromatic heterocycles. The Bertz CT molecular complexity index is 581. The number of aromatic nitrogens is 2. The molecule has 2 aromatic rings. The number of hydrogen-bond donors (Lipinski definition) is 2. The van der Waals surface area contributed by atoms with Crippen LogP contribution in [0.4, 0.5) is 5.69 Å². The summed E-state index contributed by atoms with van der Waals surface area (Å²) in [5, 5.41) is 0.231. The van der Waals surface area contributed by atoms with E-state index in [1.807, 2.05) is 0 Å². The fourth-order valence-electron chi connectivity index (χ4n) is 1.16. The standard InChI is InChI=1S/C9H8ClN3O2S/c10-9-5-7(1-4-12-9)13-16(14,15)8-2-3-11-6-8/h1-6,11H,(H,12,13). The van der Waals surface area contributed by atoms with Crippen molar-refractivity contribution in [3.05, 3.63) is 41.9 Å². The van der Waals surface area contributed by atoms with Gasteiger partial charge in [0.15, 0.2) is 0 Å². The molecule has 2 N–H and O–H groups in total. The topological polar surface area (TPSA) is 74.8 Å². The molecule has 2 heterocycles. The molecule has 0 bridgehead atoms. The largest absolute Gasteiger partial charge is 0.366 e. The third-order valence-corrected chi connectivity index (χ3v) is 3.44. The lowest BCUT2D eigenvalue weighted by Gasteiger charge is -2.05. The molecule has 2 rings (SSSR count). The molecule has 0 amide bonds. The van der Waals surface area contributed by atoms with Crippen LogP contribution in [-0.2, 0) is 10.0 Å². The van der Waals surface area contributed by atoms with Gasteiger partial charge in [-0.2, -0.15) is 0 Å². The number of nitrogens with one attached hydrogen (secondary N) is 2. The zero-order valence-electron chi connectivity index (χ0n) is 8.01. The third-order valence-electron chi connectivity index (χ3n) is 1.86. The summed E-state index contributed by atoms with van der Waals surface area (Å²) < 4.78 is 25.9. The minimum Gasteiger partial charge on any atom is -0.366 e. The lowest BCUT2D eigenvalue weighted by atomic mass is 10.4.